The second-order valence-electron chi connectivity index (χ2n) is 5.71. The molecule has 0 bridgehead atoms. The highest BCUT2D eigenvalue weighted by Gasteiger charge is 2.40. The quantitative estimate of drug-likeness (QED) is 0.650. The molecule has 23 heavy (non-hydrogen) atoms. The van der Waals surface area contributed by atoms with Crippen LogP contribution < -0.4 is 10.0 Å². The van der Waals surface area contributed by atoms with Crippen molar-refractivity contribution in [2.75, 3.05) is 6.54 Å². The SMILES string of the molecule is O=C(O)CC1(NC(=O)CCNS(=O)(=O)c2ccccc2)CCC1. The van der Waals surface area contributed by atoms with Gasteiger partial charge in [0.05, 0.1) is 16.9 Å². The van der Waals surface area contributed by atoms with E-state index in [1.54, 1.807) is 18.2 Å². The molecule has 126 valence electrons. The molecule has 1 fully saturated rings. The molecule has 0 spiro atoms. The average Bonchev–Trinajstić information content (AvgIpc) is 2.45. The summed E-state index contributed by atoms with van der Waals surface area (Å²) in [6.45, 7) is -0.0355. The Kier molecular flexibility index (Phi) is 5.38. The van der Waals surface area contributed by atoms with Crippen molar-refractivity contribution in [3.8, 4) is 0 Å². The number of nitrogens with one attached hydrogen (secondary N) is 2. The summed E-state index contributed by atoms with van der Waals surface area (Å²) in [5.74, 6) is -1.29. The summed E-state index contributed by atoms with van der Waals surface area (Å²) >= 11 is 0. The van der Waals surface area contributed by atoms with E-state index in [4.69, 9.17) is 5.11 Å². The Morgan fingerprint density at radius 2 is 1.83 bits per heavy atom. The highest BCUT2D eigenvalue weighted by molar-refractivity contribution is 7.89. The summed E-state index contributed by atoms with van der Waals surface area (Å²) in [6, 6.07) is 7.89. The fourth-order valence-corrected chi connectivity index (χ4v) is 3.63. The normalized spacial score (nSPS) is 16.3. The number of hydrogen-bond acceptors (Lipinski definition) is 4. The third-order valence-corrected chi connectivity index (χ3v) is 5.38. The van der Waals surface area contributed by atoms with E-state index in [9.17, 15) is 18.0 Å². The van der Waals surface area contributed by atoms with Gasteiger partial charge in [-0.3, -0.25) is 9.59 Å². The van der Waals surface area contributed by atoms with Crippen LogP contribution in [0.5, 0.6) is 0 Å². The molecule has 0 aliphatic heterocycles. The first-order valence-corrected chi connectivity index (χ1v) is 8.89. The van der Waals surface area contributed by atoms with Gasteiger partial charge in [0.25, 0.3) is 0 Å². The van der Waals surface area contributed by atoms with E-state index >= 15 is 0 Å². The molecule has 0 saturated heterocycles. The van der Waals surface area contributed by atoms with E-state index < -0.39 is 21.5 Å². The Morgan fingerprint density at radius 3 is 2.35 bits per heavy atom. The van der Waals surface area contributed by atoms with Crippen LogP contribution in [-0.2, 0) is 19.6 Å². The van der Waals surface area contributed by atoms with E-state index in [2.05, 4.69) is 10.0 Å². The number of carbonyl (C=O) groups excluding carboxylic acids is 1. The van der Waals surface area contributed by atoms with Gasteiger partial charge >= 0.3 is 5.97 Å². The van der Waals surface area contributed by atoms with Crippen molar-refractivity contribution >= 4 is 21.9 Å². The van der Waals surface area contributed by atoms with Crippen LogP contribution in [0.4, 0.5) is 0 Å². The molecule has 1 saturated carbocycles. The molecule has 1 aliphatic carbocycles. The summed E-state index contributed by atoms with van der Waals surface area (Å²) in [6.07, 6.45) is 2.03. The molecular weight excluding hydrogens is 320 g/mol. The van der Waals surface area contributed by atoms with Crippen LogP contribution in [0.25, 0.3) is 0 Å². The first-order valence-electron chi connectivity index (χ1n) is 7.41. The lowest BCUT2D eigenvalue weighted by Crippen LogP contribution is -2.55. The Bertz CT molecular complexity index is 668. The van der Waals surface area contributed by atoms with E-state index in [0.29, 0.717) is 12.8 Å². The lowest BCUT2D eigenvalue weighted by Gasteiger charge is -2.41. The molecule has 0 aromatic heterocycles. The van der Waals surface area contributed by atoms with Crippen LogP contribution in [0.15, 0.2) is 35.2 Å². The predicted molar refractivity (Wildman–Crippen MR) is 83.2 cm³/mol. The van der Waals surface area contributed by atoms with Crippen LogP contribution in [0.1, 0.15) is 32.1 Å². The van der Waals surface area contributed by atoms with Gasteiger partial charge in [0.2, 0.25) is 15.9 Å². The van der Waals surface area contributed by atoms with Gasteiger partial charge in [-0.1, -0.05) is 18.2 Å². The molecule has 1 aromatic rings. The van der Waals surface area contributed by atoms with Crippen LogP contribution >= 0.6 is 0 Å². The molecule has 1 aromatic carbocycles. The smallest absolute Gasteiger partial charge is 0.305 e. The minimum Gasteiger partial charge on any atom is -0.481 e. The summed E-state index contributed by atoms with van der Waals surface area (Å²) in [7, 11) is -3.63. The zero-order valence-electron chi connectivity index (χ0n) is 12.6. The minimum absolute atomic E-state index is 0.0343. The third kappa shape index (κ3) is 4.77. The average molecular weight is 340 g/mol. The maximum absolute atomic E-state index is 12.0. The molecule has 1 aliphatic rings. The summed E-state index contributed by atoms with van der Waals surface area (Å²) in [5.41, 5.74) is -0.665. The topological polar surface area (TPSA) is 113 Å². The van der Waals surface area contributed by atoms with Gasteiger partial charge in [0.1, 0.15) is 0 Å². The minimum atomic E-state index is -3.63. The lowest BCUT2D eigenvalue weighted by molar-refractivity contribution is -0.140. The number of aliphatic carboxylic acids is 1. The molecular formula is C15H20N2O5S. The second-order valence-corrected chi connectivity index (χ2v) is 7.48. The summed E-state index contributed by atoms with van der Waals surface area (Å²) in [5, 5.41) is 11.6. The van der Waals surface area contributed by atoms with Crippen molar-refractivity contribution in [3.63, 3.8) is 0 Å². The first-order chi connectivity index (χ1) is 10.8. The third-order valence-electron chi connectivity index (χ3n) is 3.90. The van der Waals surface area contributed by atoms with Crippen LogP contribution in [0, 0.1) is 0 Å². The molecule has 2 rings (SSSR count). The van der Waals surface area contributed by atoms with Crippen molar-refractivity contribution < 1.29 is 23.1 Å². The van der Waals surface area contributed by atoms with Gasteiger partial charge in [0.15, 0.2) is 0 Å². The molecule has 7 nitrogen and oxygen atoms in total. The maximum Gasteiger partial charge on any atom is 0.305 e. The highest BCUT2D eigenvalue weighted by Crippen LogP contribution is 2.34. The fourth-order valence-electron chi connectivity index (χ4n) is 2.58. The van der Waals surface area contributed by atoms with E-state index in [0.717, 1.165) is 6.42 Å². The Morgan fingerprint density at radius 1 is 1.17 bits per heavy atom. The molecule has 0 unspecified atom stereocenters. The molecule has 1 amide bonds. The Hall–Kier alpha value is -1.93. The van der Waals surface area contributed by atoms with Gasteiger partial charge in [-0.25, -0.2) is 13.1 Å². The van der Waals surface area contributed by atoms with Gasteiger partial charge in [0, 0.05) is 13.0 Å². The predicted octanol–water partition coefficient (Wildman–Crippen LogP) is 0.869. The van der Waals surface area contributed by atoms with Gasteiger partial charge in [-0.2, -0.15) is 0 Å². The number of sulfonamides is 1. The van der Waals surface area contributed by atoms with Crippen molar-refractivity contribution in [3.05, 3.63) is 30.3 Å². The molecule has 0 heterocycles. The van der Waals surface area contributed by atoms with Crippen molar-refractivity contribution in [1.82, 2.24) is 10.0 Å². The van der Waals surface area contributed by atoms with E-state index in [-0.39, 0.29) is 30.2 Å². The first kappa shape index (κ1) is 17.4. The number of amides is 1. The number of rotatable bonds is 8. The zero-order chi connectivity index (χ0) is 16.9. The monoisotopic (exact) mass is 340 g/mol. The second kappa shape index (κ2) is 7.10. The van der Waals surface area contributed by atoms with Gasteiger partial charge in [-0.05, 0) is 31.4 Å². The maximum atomic E-state index is 12.0. The Labute approximate surface area is 135 Å². The number of carboxylic acid groups (broad SMARTS) is 1. The van der Waals surface area contributed by atoms with Gasteiger partial charge < -0.3 is 10.4 Å². The molecule has 0 atom stereocenters. The van der Waals surface area contributed by atoms with E-state index in [1.165, 1.54) is 12.1 Å². The Balaban J connectivity index is 1.82. The fraction of sp³-hybridized carbons (Fsp3) is 0.467. The summed E-state index contributed by atoms with van der Waals surface area (Å²) < 4.78 is 26.3. The van der Waals surface area contributed by atoms with Crippen LogP contribution in [-0.4, -0.2) is 37.5 Å². The molecule has 0 radical (unpaired) electrons. The van der Waals surface area contributed by atoms with Crippen LogP contribution in [0.3, 0.4) is 0 Å². The van der Waals surface area contributed by atoms with Crippen LogP contribution in [0.2, 0.25) is 0 Å². The number of benzene rings is 1. The number of carbonyl (C=O) groups is 2. The van der Waals surface area contributed by atoms with Crippen molar-refractivity contribution in [2.45, 2.75) is 42.5 Å². The number of hydrogen-bond donors (Lipinski definition) is 3. The van der Waals surface area contributed by atoms with Crippen molar-refractivity contribution in [1.29, 1.82) is 0 Å². The van der Waals surface area contributed by atoms with Crippen molar-refractivity contribution in [2.24, 2.45) is 0 Å². The zero-order valence-corrected chi connectivity index (χ0v) is 13.4. The van der Waals surface area contributed by atoms with Gasteiger partial charge in [-0.15, -0.1) is 0 Å². The standard InChI is InChI=1S/C15H20N2O5S/c18-13(17-15(8-4-9-15)11-14(19)20)7-10-16-23(21,22)12-5-2-1-3-6-12/h1-3,5-6,16H,4,7-11H2,(H,17,18)(H,19,20). The molecule has 3 N–H and O–H groups in total. The highest BCUT2D eigenvalue weighted by atomic mass is 32.2. The number of carboxylic acids is 1. The lowest BCUT2D eigenvalue weighted by atomic mass is 9.74. The molecule has 8 heteroatoms. The largest absolute Gasteiger partial charge is 0.481 e. The summed E-state index contributed by atoms with van der Waals surface area (Å²) in [4.78, 5) is 22.9. The van der Waals surface area contributed by atoms with E-state index in [1.807, 2.05) is 0 Å².